The van der Waals surface area contributed by atoms with Crippen LogP contribution in [0.3, 0.4) is 0 Å². The van der Waals surface area contributed by atoms with E-state index in [4.69, 9.17) is 0 Å². The van der Waals surface area contributed by atoms with Crippen LogP contribution in [0.4, 0.5) is 5.69 Å². The van der Waals surface area contributed by atoms with Crippen molar-refractivity contribution in [2.75, 3.05) is 38.5 Å². The Bertz CT molecular complexity index is 1270. The first-order chi connectivity index (χ1) is 15.9. The smallest absolute Gasteiger partial charge is 0.256 e. The molecule has 1 aromatic carbocycles. The molecule has 0 radical (unpaired) electrons. The van der Waals surface area contributed by atoms with E-state index in [-0.39, 0.29) is 11.8 Å². The summed E-state index contributed by atoms with van der Waals surface area (Å²) in [5, 5.41) is 2.98. The number of aryl methyl sites for hydroxylation is 1. The highest BCUT2D eigenvalue weighted by Gasteiger charge is 2.29. The average molecular weight is 442 g/mol. The standard InChI is InChI=1S/C26H27N5O2/c1-16-22(28-17(2)23(16)26(33)31-13-11-30(3)12-14-31)15-20-24-19(18-7-9-27-10-8-18)5-4-6-21(24)29-25(20)32/h4-10,15,28H,11-14H2,1-3H3,(H,29,32)/b20-15-. The summed E-state index contributed by atoms with van der Waals surface area (Å²) in [4.78, 5) is 37.8. The number of carbonyl (C=O) groups is 2. The molecule has 2 aliphatic heterocycles. The summed E-state index contributed by atoms with van der Waals surface area (Å²) in [5.41, 5.74) is 7.38. The number of aromatic nitrogens is 2. The summed E-state index contributed by atoms with van der Waals surface area (Å²) >= 11 is 0. The number of pyridine rings is 1. The van der Waals surface area contributed by atoms with Gasteiger partial charge >= 0.3 is 0 Å². The highest BCUT2D eigenvalue weighted by Crippen LogP contribution is 2.40. The second kappa shape index (κ2) is 8.33. The number of carbonyl (C=O) groups excluding carboxylic acids is 2. The normalized spacial score (nSPS) is 17.4. The maximum atomic E-state index is 13.3. The minimum absolute atomic E-state index is 0.0488. The lowest BCUT2D eigenvalue weighted by Gasteiger charge is -2.32. The third-order valence-electron chi connectivity index (χ3n) is 6.59. The van der Waals surface area contributed by atoms with Crippen molar-refractivity contribution in [2.24, 2.45) is 0 Å². The van der Waals surface area contributed by atoms with Crippen LogP contribution in [0.25, 0.3) is 22.8 Å². The molecular weight excluding hydrogens is 414 g/mol. The number of fused-ring (bicyclic) bond motifs is 1. The van der Waals surface area contributed by atoms with Crippen molar-refractivity contribution in [1.82, 2.24) is 19.8 Å². The molecule has 0 saturated carbocycles. The summed E-state index contributed by atoms with van der Waals surface area (Å²) in [7, 11) is 2.07. The predicted molar refractivity (Wildman–Crippen MR) is 130 cm³/mol. The van der Waals surface area contributed by atoms with Crippen LogP contribution in [-0.2, 0) is 4.79 Å². The molecule has 0 aliphatic carbocycles. The molecule has 2 aliphatic rings. The summed E-state index contributed by atoms with van der Waals surface area (Å²) in [6, 6.07) is 9.74. The molecule has 2 aromatic heterocycles. The Balaban J connectivity index is 1.55. The summed E-state index contributed by atoms with van der Waals surface area (Å²) < 4.78 is 0. The Labute approximate surface area is 193 Å². The topological polar surface area (TPSA) is 81.3 Å². The van der Waals surface area contributed by atoms with Gasteiger partial charge in [0.1, 0.15) is 0 Å². The van der Waals surface area contributed by atoms with Crippen LogP contribution in [0.5, 0.6) is 0 Å². The zero-order chi connectivity index (χ0) is 23.1. The van der Waals surface area contributed by atoms with Crippen molar-refractivity contribution < 1.29 is 9.59 Å². The van der Waals surface area contributed by atoms with E-state index in [1.165, 1.54) is 0 Å². The van der Waals surface area contributed by atoms with E-state index in [9.17, 15) is 9.59 Å². The lowest BCUT2D eigenvalue weighted by Crippen LogP contribution is -2.47. The maximum Gasteiger partial charge on any atom is 0.256 e. The highest BCUT2D eigenvalue weighted by molar-refractivity contribution is 6.36. The van der Waals surface area contributed by atoms with Gasteiger partial charge in [0, 0.05) is 61.2 Å². The van der Waals surface area contributed by atoms with Gasteiger partial charge in [-0.3, -0.25) is 14.6 Å². The molecule has 3 aromatic rings. The zero-order valence-corrected chi connectivity index (χ0v) is 19.1. The molecule has 2 amide bonds. The maximum absolute atomic E-state index is 13.3. The molecule has 7 heteroatoms. The Kier molecular flexibility index (Phi) is 5.34. The zero-order valence-electron chi connectivity index (χ0n) is 19.1. The first kappa shape index (κ1) is 21.2. The number of nitrogens with one attached hydrogen (secondary N) is 2. The fourth-order valence-electron chi connectivity index (χ4n) is 4.71. The van der Waals surface area contributed by atoms with E-state index in [1.54, 1.807) is 12.4 Å². The molecule has 0 bridgehead atoms. The van der Waals surface area contributed by atoms with Crippen LogP contribution in [0, 0.1) is 13.8 Å². The van der Waals surface area contributed by atoms with Gasteiger partial charge in [0.25, 0.3) is 11.8 Å². The van der Waals surface area contributed by atoms with Gasteiger partial charge in [0.2, 0.25) is 0 Å². The molecule has 4 heterocycles. The predicted octanol–water partition coefficient (Wildman–Crippen LogP) is 3.57. The number of aromatic amines is 1. The fourth-order valence-corrected chi connectivity index (χ4v) is 4.71. The third-order valence-corrected chi connectivity index (χ3v) is 6.59. The number of benzene rings is 1. The molecule has 1 saturated heterocycles. The van der Waals surface area contributed by atoms with Gasteiger partial charge in [-0.15, -0.1) is 0 Å². The van der Waals surface area contributed by atoms with E-state index in [2.05, 4.69) is 27.2 Å². The van der Waals surface area contributed by atoms with Crippen molar-refractivity contribution in [3.63, 3.8) is 0 Å². The average Bonchev–Trinajstić information content (AvgIpc) is 3.29. The van der Waals surface area contributed by atoms with E-state index in [0.29, 0.717) is 11.1 Å². The van der Waals surface area contributed by atoms with Crippen LogP contribution in [0.1, 0.15) is 32.9 Å². The van der Waals surface area contributed by atoms with Crippen LogP contribution in [-0.4, -0.2) is 64.8 Å². The number of H-pyrrole nitrogens is 1. The van der Waals surface area contributed by atoms with Gasteiger partial charge < -0.3 is 20.1 Å². The lowest BCUT2D eigenvalue weighted by atomic mass is 9.94. The molecule has 168 valence electrons. The number of amides is 2. The Morgan fingerprint density at radius 2 is 1.79 bits per heavy atom. The summed E-state index contributed by atoms with van der Waals surface area (Å²) in [6.45, 7) is 7.06. The third kappa shape index (κ3) is 3.74. The van der Waals surface area contributed by atoms with Gasteiger partial charge in [-0.05, 0) is 61.9 Å². The molecule has 0 atom stereocenters. The molecule has 7 nitrogen and oxygen atoms in total. The highest BCUT2D eigenvalue weighted by atomic mass is 16.2. The number of hydrogen-bond donors (Lipinski definition) is 2. The van der Waals surface area contributed by atoms with Crippen molar-refractivity contribution in [1.29, 1.82) is 0 Å². The Hall–Kier alpha value is -3.71. The Morgan fingerprint density at radius 1 is 1.06 bits per heavy atom. The molecule has 1 fully saturated rings. The van der Waals surface area contributed by atoms with Crippen LogP contribution < -0.4 is 5.32 Å². The summed E-state index contributed by atoms with van der Waals surface area (Å²) in [5.74, 6) is -0.0992. The van der Waals surface area contributed by atoms with E-state index >= 15 is 0 Å². The van der Waals surface area contributed by atoms with E-state index in [0.717, 1.165) is 65.5 Å². The van der Waals surface area contributed by atoms with Gasteiger partial charge in [0.15, 0.2) is 0 Å². The minimum Gasteiger partial charge on any atom is -0.358 e. The van der Waals surface area contributed by atoms with E-state index in [1.807, 2.05) is 55.2 Å². The van der Waals surface area contributed by atoms with Crippen molar-refractivity contribution in [3.8, 4) is 11.1 Å². The molecule has 0 unspecified atom stereocenters. The lowest BCUT2D eigenvalue weighted by molar-refractivity contribution is -0.110. The number of anilines is 1. The number of piperazine rings is 1. The summed E-state index contributed by atoms with van der Waals surface area (Å²) in [6.07, 6.45) is 5.36. The number of hydrogen-bond acceptors (Lipinski definition) is 4. The molecule has 5 rings (SSSR count). The van der Waals surface area contributed by atoms with Gasteiger partial charge in [-0.25, -0.2) is 0 Å². The second-order valence-electron chi connectivity index (χ2n) is 8.74. The van der Waals surface area contributed by atoms with E-state index < -0.39 is 0 Å². The van der Waals surface area contributed by atoms with Crippen molar-refractivity contribution >= 4 is 29.2 Å². The number of nitrogens with zero attached hydrogens (tertiary/aromatic N) is 3. The molecule has 33 heavy (non-hydrogen) atoms. The van der Waals surface area contributed by atoms with Gasteiger partial charge in [-0.1, -0.05) is 12.1 Å². The van der Waals surface area contributed by atoms with Gasteiger partial charge in [0.05, 0.1) is 11.1 Å². The largest absolute Gasteiger partial charge is 0.358 e. The SMILES string of the molecule is Cc1[nH]c(/C=C2\C(=O)Nc3cccc(-c4ccncc4)c32)c(C)c1C(=O)N1CCN(C)CC1. The molecule has 2 N–H and O–H groups in total. The van der Waals surface area contributed by atoms with Crippen molar-refractivity contribution in [2.45, 2.75) is 13.8 Å². The second-order valence-corrected chi connectivity index (χ2v) is 8.74. The monoisotopic (exact) mass is 441 g/mol. The van der Waals surface area contributed by atoms with Crippen LogP contribution in [0.15, 0.2) is 42.7 Å². The Morgan fingerprint density at radius 3 is 2.52 bits per heavy atom. The van der Waals surface area contributed by atoms with Crippen LogP contribution >= 0.6 is 0 Å². The number of rotatable bonds is 3. The number of likely N-dealkylation sites (N-methyl/N-ethyl adjacent to an activating group) is 1. The van der Waals surface area contributed by atoms with Crippen molar-refractivity contribution in [3.05, 3.63) is 70.8 Å². The first-order valence-corrected chi connectivity index (χ1v) is 11.2. The quantitative estimate of drug-likeness (QED) is 0.609. The van der Waals surface area contributed by atoms with Gasteiger partial charge in [-0.2, -0.15) is 0 Å². The van der Waals surface area contributed by atoms with Crippen LogP contribution in [0.2, 0.25) is 0 Å². The minimum atomic E-state index is -0.148. The fraction of sp³-hybridized carbons (Fsp3) is 0.269. The molecular formula is C26H27N5O2. The first-order valence-electron chi connectivity index (χ1n) is 11.2. The molecule has 0 spiro atoms.